The van der Waals surface area contributed by atoms with Gasteiger partial charge in [0.05, 0.1) is 28.5 Å². The maximum absolute atomic E-state index is 13.3. The predicted molar refractivity (Wildman–Crippen MR) is 133 cm³/mol. The van der Waals surface area contributed by atoms with Crippen LogP contribution in [0.2, 0.25) is 0 Å². The van der Waals surface area contributed by atoms with Crippen LogP contribution in [-0.2, 0) is 14.3 Å². The van der Waals surface area contributed by atoms with Crippen molar-refractivity contribution in [3.05, 3.63) is 44.6 Å². The number of rotatable bonds is 5. The maximum Gasteiger partial charge on any atom is 0.262 e. The van der Waals surface area contributed by atoms with Gasteiger partial charge in [-0.3, -0.25) is 9.59 Å². The molecule has 2 aliphatic heterocycles. The third kappa shape index (κ3) is 5.31. The molecule has 0 unspecified atom stereocenters. The Bertz CT molecular complexity index is 1150. The summed E-state index contributed by atoms with van der Waals surface area (Å²) in [6.07, 6.45) is 2.81. The third-order valence-electron chi connectivity index (χ3n) is 5.77. The molecule has 2 saturated heterocycles. The van der Waals surface area contributed by atoms with E-state index in [1.165, 1.54) is 11.3 Å². The Morgan fingerprint density at radius 2 is 2.09 bits per heavy atom. The second kappa shape index (κ2) is 10.7. The molecule has 0 bridgehead atoms. The van der Waals surface area contributed by atoms with Gasteiger partial charge in [-0.15, -0.1) is 11.3 Å². The second-order valence-corrected chi connectivity index (χ2v) is 10.5. The fraction of sp³-hybridized carbons (Fsp3) is 0.391. The Labute approximate surface area is 209 Å². The lowest BCUT2D eigenvalue weighted by Crippen LogP contribution is -2.57. The summed E-state index contributed by atoms with van der Waals surface area (Å²) in [4.78, 5) is 32.5. The standard InChI is InChI=1S/C23H24BrN5O4S/c1-15-12-16(2-3-17(15)29-8-11-32-9-6-20(29)26-14-25)27-22(31)23(7-10-33-13-23)28-21(30)18-4-5-19(24)34-18/h2-5,12H,6-11,13H2,1H3,(H,27,31)(H,28,30)/b26-20+/t23-/m1/s1. The van der Waals surface area contributed by atoms with E-state index in [-0.39, 0.29) is 18.4 Å². The fourth-order valence-electron chi connectivity index (χ4n) is 4.02. The summed E-state index contributed by atoms with van der Waals surface area (Å²) in [5.74, 6) is 0.0245. The lowest BCUT2D eigenvalue weighted by atomic mass is 9.96. The molecular formula is C23H24BrN5O4S. The number of hydrogen-bond donors (Lipinski definition) is 2. The van der Waals surface area contributed by atoms with Crippen molar-refractivity contribution < 1.29 is 19.1 Å². The molecule has 11 heteroatoms. The Kier molecular flexibility index (Phi) is 7.63. The molecule has 4 rings (SSSR count). The highest BCUT2D eigenvalue weighted by Crippen LogP contribution is 2.28. The molecule has 2 amide bonds. The van der Waals surface area contributed by atoms with Crippen LogP contribution in [0.15, 0.2) is 39.1 Å². The topological polar surface area (TPSA) is 116 Å². The maximum atomic E-state index is 13.3. The smallest absolute Gasteiger partial charge is 0.262 e. The summed E-state index contributed by atoms with van der Waals surface area (Å²) in [5, 5.41) is 14.9. The van der Waals surface area contributed by atoms with Crippen molar-refractivity contribution >= 4 is 56.3 Å². The highest BCUT2D eigenvalue weighted by molar-refractivity contribution is 9.11. The number of amidine groups is 1. The minimum absolute atomic E-state index is 0.107. The molecule has 1 aromatic carbocycles. The van der Waals surface area contributed by atoms with E-state index >= 15 is 0 Å². The number of anilines is 2. The molecule has 2 aliphatic rings. The van der Waals surface area contributed by atoms with Gasteiger partial charge in [0.25, 0.3) is 11.8 Å². The number of nitrogens with zero attached hydrogens (tertiary/aromatic N) is 3. The molecule has 0 spiro atoms. The van der Waals surface area contributed by atoms with Crippen molar-refractivity contribution in [3.63, 3.8) is 0 Å². The summed E-state index contributed by atoms with van der Waals surface area (Å²) in [5.41, 5.74) is 1.27. The molecule has 0 aliphatic carbocycles. The first-order chi connectivity index (χ1) is 16.4. The minimum Gasteiger partial charge on any atom is -0.379 e. The normalized spacial score (nSPS) is 21.7. The van der Waals surface area contributed by atoms with Gasteiger partial charge in [-0.1, -0.05) is 0 Å². The summed E-state index contributed by atoms with van der Waals surface area (Å²) in [7, 11) is 0. The number of benzene rings is 1. The number of carbonyl (C=O) groups excluding carboxylic acids is 2. The van der Waals surface area contributed by atoms with Crippen LogP contribution in [0.4, 0.5) is 11.4 Å². The first-order valence-corrected chi connectivity index (χ1v) is 12.4. The van der Waals surface area contributed by atoms with E-state index in [0.29, 0.717) is 55.6 Å². The van der Waals surface area contributed by atoms with Crippen LogP contribution in [0, 0.1) is 18.4 Å². The Hall–Kier alpha value is -2.78. The van der Waals surface area contributed by atoms with Gasteiger partial charge in [-0.05, 0) is 58.7 Å². The van der Waals surface area contributed by atoms with Gasteiger partial charge in [-0.25, -0.2) is 0 Å². The van der Waals surface area contributed by atoms with E-state index < -0.39 is 5.54 Å². The van der Waals surface area contributed by atoms with Crippen molar-refractivity contribution in [1.82, 2.24) is 5.32 Å². The zero-order chi connectivity index (χ0) is 24.1. The van der Waals surface area contributed by atoms with E-state index in [4.69, 9.17) is 14.7 Å². The molecule has 2 N–H and O–H groups in total. The van der Waals surface area contributed by atoms with E-state index in [1.807, 2.05) is 30.1 Å². The average molecular weight is 546 g/mol. The van der Waals surface area contributed by atoms with E-state index in [9.17, 15) is 9.59 Å². The summed E-state index contributed by atoms with van der Waals surface area (Å²) in [6, 6.07) is 9.07. The van der Waals surface area contributed by atoms with Crippen LogP contribution >= 0.6 is 27.3 Å². The number of carbonyl (C=O) groups is 2. The zero-order valence-corrected chi connectivity index (χ0v) is 21.0. The van der Waals surface area contributed by atoms with Gasteiger partial charge in [-0.2, -0.15) is 10.3 Å². The third-order valence-corrected chi connectivity index (χ3v) is 7.39. The number of aryl methyl sites for hydroxylation is 1. The fourth-order valence-corrected chi connectivity index (χ4v) is 5.30. The van der Waals surface area contributed by atoms with Crippen LogP contribution in [0.1, 0.15) is 28.1 Å². The van der Waals surface area contributed by atoms with Gasteiger partial charge in [0.1, 0.15) is 11.4 Å². The molecule has 1 atom stereocenters. The van der Waals surface area contributed by atoms with Gasteiger partial charge < -0.3 is 25.0 Å². The highest BCUT2D eigenvalue weighted by Gasteiger charge is 2.44. The van der Waals surface area contributed by atoms with Crippen LogP contribution in [-0.4, -0.2) is 56.2 Å². The number of halogens is 1. The van der Waals surface area contributed by atoms with E-state index in [1.54, 1.807) is 18.2 Å². The molecule has 2 fully saturated rings. The molecule has 0 radical (unpaired) electrons. The zero-order valence-electron chi connectivity index (χ0n) is 18.6. The summed E-state index contributed by atoms with van der Waals surface area (Å²) < 4.78 is 11.9. The highest BCUT2D eigenvalue weighted by atomic mass is 79.9. The number of nitriles is 1. The number of hydrogen-bond acceptors (Lipinski definition) is 7. The van der Waals surface area contributed by atoms with E-state index in [2.05, 4.69) is 31.6 Å². The van der Waals surface area contributed by atoms with E-state index in [0.717, 1.165) is 15.0 Å². The monoisotopic (exact) mass is 545 g/mol. The first kappa shape index (κ1) is 24.3. The van der Waals surface area contributed by atoms with Gasteiger partial charge in [0.2, 0.25) is 6.19 Å². The van der Waals surface area contributed by atoms with Crippen molar-refractivity contribution in [2.75, 3.05) is 43.2 Å². The predicted octanol–water partition coefficient (Wildman–Crippen LogP) is 3.45. The number of thiophene rings is 1. The number of nitrogens with one attached hydrogen (secondary N) is 2. The van der Waals surface area contributed by atoms with Crippen molar-refractivity contribution in [2.24, 2.45) is 4.99 Å². The van der Waals surface area contributed by atoms with Crippen LogP contribution in [0.25, 0.3) is 0 Å². The molecule has 3 heterocycles. The number of amides is 2. The molecule has 1 aromatic heterocycles. The van der Waals surface area contributed by atoms with Crippen LogP contribution in [0.3, 0.4) is 0 Å². The largest absolute Gasteiger partial charge is 0.379 e. The first-order valence-electron chi connectivity index (χ1n) is 10.8. The SMILES string of the molecule is Cc1cc(NC(=O)[C@@]2(NC(=O)c3ccc(Br)s3)CCOC2)ccc1N1CCOCC/C1=N\C#N. The van der Waals surface area contributed by atoms with Gasteiger partial charge in [0, 0.05) is 37.4 Å². The van der Waals surface area contributed by atoms with Crippen molar-refractivity contribution in [3.8, 4) is 6.19 Å². The van der Waals surface area contributed by atoms with Gasteiger partial charge >= 0.3 is 0 Å². The molecule has 34 heavy (non-hydrogen) atoms. The second-order valence-electron chi connectivity index (χ2n) is 8.04. The number of ether oxygens (including phenoxy) is 2. The minimum atomic E-state index is -1.14. The quantitative estimate of drug-likeness (QED) is 0.556. The Balaban J connectivity index is 1.51. The van der Waals surface area contributed by atoms with Crippen molar-refractivity contribution in [1.29, 1.82) is 5.26 Å². The van der Waals surface area contributed by atoms with Crippen LogP contribution < -0.4 is 15.5 Å². The Morgan fingerprint density at radius 3 is 2.76 bits per heavy atom. The molecular weight excluding hydrogens is 522 g/mol. The Morgan fingerprint density at radius 1 is 1.24 bits per heavy atom. The number of aliphatic imine (C=N–C) groups is 1. The average Bonchev–Trinajstić information content (AvgIpc) is 3.40. The molecule has 9 nitrogen and oxygen atoms in total. The summed E-state index contributed by atoms with van der Waals surface area (Å²) >= 11 is 4.66. The molecule has 0 saturated carbocycles. The van der Waals surface area contributed by atoms with Gasteiger partial charge in [0.15, 0.2) is 0 Å². The van der Waals surface area contributed by atoms with Crippen molar-refractivity contribution in [2.45, 2.75) is 25.3 Å². The molecule has 2 aromatic rings. The molecule has 178 valence electrons. The lowest BCUT2D eigenvalue weighted by Gasteiger charge is -2.28. The van der Waals surface area contributed by atoms with Crippen LogP contribution in [0.5, 0.6) is 0 Å². The summed E-state index contributed by atoms with van der Waals surface area (Å²) in [6.45, 7) is 4.06. The lowest BCUT2D eigenvalue weighted by molar-refractivity contribution is -0.122.